The van der Waals surface area contributed by atoms with Gasteiger partial charge in [-0.2, -0.15) is 0 Å². The molecule has 0 amide bonds. The van der Waals surface area contributed by atoms with E-state index in [1.165, 1.54) is 24.0 Å². The molecule has 0 N–H and O–H groups in total. The molecule has 140 valence electrons. The Labute approximate surface area is 153 Å². The fourth-order valence-electron chi connectivity index (χ4n) is 4.06. The maximum absolute atomic E-state index is 13.3. The van der Waals surface area contributed by atoms with Crippen LogP contribution in [-0.2, 0) is 10.2 Å². The van der Waals surface area contributed by atoms with Gasteiger partial charge in [0.15, 0.2) is 0 Å². The Bertz CT molecular complexity index is 560. The molecule has 25 heavy (non-hydrogen) atoms. The molecule has 0 spiro atoms. The van der Waals surface area contributed by atoms with Gasteiger partial charge in [-0.1, -0.05) is 37.6 Å². The normalized spacial score (nSPS) is 19.8. The van der Waals surface area contributed by atoms with Gasteiger partial charge in [-0.15, -0.1) is 0 Å². The summed E-state index contributed by atoms with van der Waals surface area (Å²) < 4.78 is 18.6. The number of halogens is 1. The van der Waals surface area contributed by atoms with E-state index in [1.807, 2.05) is 12.1 Å². The number of methoxy groups -OCH3 is 1. The minimum atomic E-state index is -0.167. The van der Waals surface area contributed by atoms with Crippen LogP contribution >= 0.6 is 0 Å². The molecule has 2 rings (SSSR count). The van der Waals surface area contributed by atoms with E-state index in [1.54, 1.807) is 19.2 Å². The Kier molecular flexibility index (Phi) is 7.21. The largest absolute Gasteiger partial charge is 0.385 e. The Morgan fingerprint density at radius 3 is 2.60 bits per heavy atom. The van der Waals surface area contributed by atoms with Crippen LogP contribution in [0.5, 0.6) is 0 Å². The Morgan fingerprint density at radius 2 is 2.00 bits per heavy atom. The summed E-state index contributed by atoms with van der Waals surface area (Å²) in [5.41, 5.74) is 2.56. The van der Waals surface area contributed by atoms with E-state index in [0.29, 0.717) is 12.1 Å². The van der Waals surface area contributed by atoms with E-state index in [4.69, 9.17) is 4.74 Å². The number of nitrogens with zero attached hydrogens (tertiary/aromatic N) is 1. The van der Waals surface area contributed by atoms with Gasteiger partial charge in [-0.05, 0) is 69.2 Å². The number of allylic oxidation sites excluding steroid dienone is 1. The topological polar surface area (TPSA) is 12.5 Å². The summed E-state index contributed by atoms with van der Waals surface area (Å²) in [6, 6.07) is 8.02. The second-order valence-corrected chi connectivity index (χ2v) is 8.22. The van der Waals surface area contributed by atoms with Crippen LogP contribution in [0.25, 0.3) is 0 Å². The van der Waals surface area contributed by atoms with Crippen molar-refractivity contribution in [1.82, 2.24) is 4.90 Å². The lowest BCUT2D eigenvalue weighted by Crippen LogP contribution is -2.42. The molecule has 1 aliphatic rings. The van der Waals surface area contributed by atoms with Crippen molar-refractivity contribution < 1.29 is 9.13 Å². The average Bonchev–Trinajstić information content (AvgIpc) is 3.00. The van der Waals surface area contributed by atoms with E-state index in [0.717, 1.165) is 26.0 Å². The second-order valence-electron chi connectivity index (χ2n) is 8.22. The van der Waals surface area contributed by atoms with Crippen LogP contribution in [0, 0.1) is 5.82 Å². The standard InChI is InChI=1S/C22H34FNO/c1-17(2)15-21(24-13-6-7-20(24)12-14-25-5)16-22(3,4)18-8-10-19(23)11-9-18/h8-11,15,20-21H,6-7,12-14,16H2,1-5H3/t20-,21-/m0/s1. The van der Waals surface area contributed by atoms with Gasteiger partial charge in [0.2, 0.25) is 0 Å². The predicted octanol–water partition coefficient (Wildman–Crippen LogP) is 5.33. The molecule has 3 heteroatoms. The summed E-state index contributed by atoms with van der Waals surface area (Å²) in [6.07, 6.45) is 7.07. The zero-order valence-electron chi connectivity index (χ0n) is 16.5. The summed E-state index contributed by atoms with van der Waals surface area (Å²) in [5.74, 6) is -0.167. The highest BCUT2D eigenvalue weighted by atomic mass is 19.1. The lowest BCUT2D eigenvalue weighted by Gasteiger charge is -2.37. The van der Waals surface area contributed by atoms with Crippen LogP contribution < -0.4 is 0 Å². The summed E-state index contributed by atoms with van der Waals surface area (Å²) in [5, 5.41) is 0. The van der Waals surface area contributed by atoms with Crippen molar-refractivity contribution >= 4 is 0 Å². The molecule has 1 aromatic carbocycles. The van der Waals surface area contributed by atoms with Crippen molar-refractivity contribution in [3.8, 4) is 0 Å². The lowest BCUT2D eigenvalue weighted by atomic mass is 9.78. The first-order chi connectivity index (χ1) is 11.8. The van der Waals surface area contributed by atoms with E-state index < -0.39 is 0 Å². The number of hydrogen-bond acceptors (Lipinski definition) is 2. The molecule has 1 heterocycles. The highest BCUT2D eigenvalue weighted by molar-refractivity contribution is 5.25. The zero-order valence-corrected chi connectivity index (χ0v) is 16.5. The van der Waals surface area contributed by atoms with Crippen LogP contribution in [0.3, 0.4) is 0 Å². The summed E-state index contributed by atoms with van der Waals surface area (Å²) in [4.78, 5) is 2.66. The molecule has 1 saturated heterocycles. The minimum Gasteiger partial charge on any atom is -0.385 e. The molecule has 0 saturated carbocycles. The summed E-state index contributed by atoms with van der Waals surface area (Å²) >= 11 is 0. The first-order valence-corrected chi connectivity index (χ1v) is 9.49. The lowest BCUT2D eigenvalue weighted by molar-refractivity contribution is 0.129. The fourth-order valence-corrected chi connectivity index (χ4v) is 4.06. The molecule has 2 atom stereocenters. The smallest absolute Gasteiger partial charge is 0.123 e. The van der Waals surface area contributed by atoms with E-state index in [2.05, 4.69) is 38.7 Å². The maximum Gasteiger partial charge on any atom is 0.123 e. The first kappa shape index (κ1) is 20.1. The molecule has 0 aromatic heterocycles. The van der Waals surface area contributed by atoms with Crippen molar-refractivity contribution in [3.05, 3.63) is 47.3 Å². The number of likely N-dealkylation sites (tertiary alicyclic amines) is 1. The van der Waals surface area contributed by atoms with Crippen molar-refractivity contribution in [2.24, 2.45) is 0 Å². The van der Waals surface area contributed by atoms with Gasteiger partial charge in [0, 0.05) is 25.8 Å². The molecular formula is C22H34FNO. The quantitative estimate of drug-likeness (QED) is 0.589. The number of rotatable bonds is 8. The van der Waals surface area contributed by atoms with Crippen molar-refractivity contribution in [3.63, 3.8) is 0 Å². The highest BCUT2D eigenvalue weighted by Crippen LogP contribution is 2.34. The van der Waals surface area contributed by atoms with Crippen molar-refractivity contribution in [2.75, 3.05) is 20.3 Å². The van der Waals surface area contributed by atoms with E-state index >= 15 is 0 Å². The Balaban J connectivity index is 2.19. The van der Waals surface area contributed by atoms with E-state index in [-0.39, 0.29) is 11.2 Å². The van der Waals surface area contributed by atoms with Crippen LogP contribution in [0.1, 0.15) is 58.9 Å². The number of ether oxygens (including phenoxy) is 1. The summed E-state index contributed by atoms with van der Waals surface area (Å²) in [7, 11) is 1.78. The van der Waals surface area contributed by atoms with Crippen LogP contribution in [0.15, 0.2) is 35.9 Å². The molecule has 1 aromatic rings. The SMILES string of the molecule is COCC[C@@H]1CCCN1[C@@H](C=C(C)C)CC(C)(C)c1ccc(F)cc1. The molecule has 0 radical (unpaired) electrons. The van der Waals surface area contributed by atoms with Crippen molar-refractivity contribution in [2.45, 2.75) is 70.9 Å². The summed E-state index contributed by atoms with van der Waals surface area (Å²) in [6.45, 7) is 10.9. The third-order valence-electron chi connectivity index (χ3n) is 5.37. The third kappa shape index (κ3) is 5.65. The van der Waals surface area contributed by atoms with Gasteiger partial charge in [-0.25, -0.2) is 4.39 Å². The third-order valence-corrected chi connectivity index (χ3v) is 5.37. The Morgan fingerprint density at radius 1 is 1.32 bits per heavy atom. The van der Waals surface area contributed by atoms with Gasteiger partial charge in [-0.3, -0.25) is 4.90 Å². The van der Waals surface area contributed by atoms with Gasteiger partial charge in [0.05, 0.1) is 0 Å². The molecule has 1 aliphatic heterocycles. The molecule has 0 unspecified atom stereocenters. The molecule has 0 aliphatic carbocycles. The van der Waals surface area contributed by atoms with Gasteiger partial charge in [0.1, 0.15) is 5.82 Å². The van der Waals surface area contributed by atoms with Crippen molar-refractivity contribution in [1.29, 1.82) is 0 Å². The molecule has 2 nitrogen and oxygen atoms in total. The van der Waals surface area contributed by atoms with Crippen LogP contribution in [-0.4, -0.2) is 37.2 Å². The predicted molar refractivity (Wildman–Crippen MR) is 103 cm³/mol. The second kappa shape index (κ2) is 8.95. The highest BCUT2D eigenvalue weighted by Gasteiger charge is 2.33. The fraction of sp³-hybridized carbons (Fsp3) is 0.636. The van der Waals surface area contributed by atoms with Crippen LogP contribution in [0.2, 0.25) is 0 Å². The molecule has 0 bridgehead atoms. The first-order valence-electron chi connectivity index (χ1n) is 9.49. The average molecular weight is 348 g/mol. The maximum atomic E-state index is 13.3. The zero-order chi connectivity index (χ0) is 18.4. The van der Waals surface area contributed by atoms with Gasteiger partial charge < -0.3 is 4.74 Å². The van der Waals surface area contributed by atoms with E-state index in [9.17, 15) is 4.39 Å². The van der Waals surface area contributed by atoms with Gasteiger partial charge in [0.25, 0.3) is 0 Å². The monoisotopic (exact) mass is 347 g/mol. The van der Waals surface area contributed by atoms with Crippen LogP contribution in [0.4, 0.5) is 4.39 Å². The number of benzene rings is 1. The Hall–Kier alpha value is -1.19. The molecule has 1 fully saturated rings. The molecular weight excluding hydrogens is 313 g/mol. The van der Waals surface area contributed by atoms with Gasteiger partial charge >= 0.3 is 0 Å². The number of hydrogen-bond donors (Lipinski definition) is 0. The minimum absolute atomic E-state index is 0.00128.